The lowest BCUT2D eigenvalue weighted by Gasteiger charge is -2.36. The van der Waals surface area contributed by atoms with Gasteiger partial charge in [0.2, 0.25) is 0 Å². The highest BCUT2D eigenvalue weighted by molar-refractivity contribution is 6.05. The number of carbonyl (C=O) groups is 3. The number of benzene rings is 2. The predicted octanol–water partition coefficient (Wildman–Crippen LogP) is 5.54. The molecule has 1 aliphatic heterocycles. The quantitative estimate of drug-likeness (QED) is 0.536. The van der Waals surface area contributed by atoms with E-state index < -0.39 is 5.92 Å². The maximum absolute atomic E-state index is 13.0. The molecule has 37 heavy (non-hydrogen) atoms. The predicted molar refractivity (Wildman–Crippen MR) is 139 cm³/mol. The highest BCUT2D eigenvalue weighted by atomic mass is 16.5. The van der Waals surface area contributed by atoms with E-state index in [-0.39, 0.29) is 24.1 Å². The first kappa shape index (κ1) is 24.8. The number of anilines is 1. The first-order valence-corrected chi connectivity index (χ1v) is 12.9. The minimum atomic E-state index is -0.475. The maximum Gasteiger partial charge on any atom is 0.262 e. The van der Waals surface area contributed by atoms with Gasteiger partial charge >= 0.3 is 0 Å². The van der Waals surface area contributed by atoms with Crippen molar-refractivity contribution in [3.63, 3.8) is 0 Å². The number of ether oxygens (including phenoxy) is 3. The van der Waals surface area contributed by atoms with Crippen molar-refractivity contribution in [2.24, 2.45) is 0 Å². The largest absolute Gasteiger partial charge is 0.490 e. The van der Waals surface area contributed by atoms with E-state index in [2.05, 4.69) is 5.32 Å². The summed E-state index contributed by atoms with van der Waals surface area (Å²) in [5.74, 6) is 1.57. The van der Waals surface area contributed by atoms with E-state index >= 15 is 0 Å². The van der Waals surface area contributed by atoms with Gasteiger partial charge in [-0.1, -0.05) is 23.8 Å². The van der Waals surface area contributed by atoms with Crippen molar-refractivity contribution in [2.75, 3.05) is 18.5 Å². The van der Waals surface area contributed by atoms with Crippen LogP contribution in [0.5, 0.6) is 11.5 Å². The highest BCUT2D eigenvalue weighted by Crippen LogP contribution is 2.48. The topological polar surface area (TPSA) is 90.9 Å². The molecule has 0 atom stereocenters. The molecule has 192 valence electrons. The number of nitrogens with one attached hydrogen (secondary N) is 1. The van der Waals surface area contributed by atoms with Crippen LogP contribution in [0, 0.1) is 6.92 Å². The molecule has 0 unspecified atom stereocenters. The van der Waals surface area contributed by atoms with Crippen LogP contribution in [0.3, 0.4) is 0 Å². The number of allylic oxidation sites excluding steroid dienone is 4. The molecule has 7 nitrogen and oxygen atoms in total. The summed E-state index contributed by atoms with van der Waals surface area (Å²) in [4.78, 5) is 38.6. The van der Waals surface area contributed by atoms with Crippen molar-refractivity contribution < 1.29 is 28.6 Å². The highest BCUT2D eigenvalue weighted by Gasteiger charge is 2.42. The minimum Gasteiger partial charge on any atom is -0.490 e. The summed E-state index contributed by atoms with van der Waals surface area (Å²) in [6, 6.07) is 13.0. The fourth-order valence-corrected chi connectivity index (χ4v) is 5.22. The molecule has 0 fully saturated rings. The lowest BCUT2D eigenvalue weighted by atomic mass is 9.73. The first-order valence-electron chi connectivity index (χ1n) is 12.9. The van der Waals surface area contributed by atoms with Crippen LogP contribution in [0.2, 0.25) is 0 Å². The fraction of sp³-hybridized carbons (Fsp3) is 0.367. The molecular weight excluding hydrogens is 470 g/mol. The normalized spacial score (nSPS) is 17.7. The van der Waals surface area contributed by atoms with Gasteiger partial charge in [0.05, 0.1) is 6.61 Å². The van der Waals surface area contributed by atoms with E-state index in [9.17, 15) is 14.4 Å². The monoisotopic (exact) mass is 501 g/mol. The molecule has 0 saturated carbocycles. The van der Waals surface area contributed by atoms with Crippen molar-refractivity contribution in [2.45, 2.75) is 58.3 Å². The second-order valence-electron chi connectivity index (χ2n) is 9.60. The molecule has 0 bridgehead atoms. The summed E-state index contributed by atoms with van der Waals surface area (Å²) in [6.45, 7) is 4.05. The lowest BCUT2D eigenvalue weighted by molar-refractivity contribution is -0.119. The van der Waals surface area contributed by atoms with Gasteiger partial charge < -0.3 is 19.5 Å². The minimum absolute atomic E-state index is 0.0298. The summed E-state index contributed by atoms with van der Waals surface area (Å²) in [5, 5.41) is 2.82. The third kappa shape index (κ3) is 5.17. The number of carbonyl (C=O) groups excluding carboxylic acids is 3. The standard InChI is InChI=1S/C30H31NO6/c1-3-35-26-16-19(12-15-23(26)36-17-27(34)31-20-13-10-18(2)11-14-20)28-29-21(32)6-4-8-24(29)37-25-9-5-7-22(33)30(25)28/h10-16,28H,3-9,17H2,1-2H3,(H,31,34). The number of Topliss-reactive ketones (excluding diaryl/α,β-unsaturated/α-hetero) is 2. The van der Waals surface area contributed by atoms with Crippen LogP contribution >= 0.6 is 0 Å². The molecule has 7 heteroatoms. The number of hydrogen-bond acceptors (Lipinski definition) is 6. The average molecular weight is 502 g/mol. The molecule has 1 N–H and O–H groups in total. The molecule has 2 aliphatic carbocycles. The van der Waals surface area contributed by atoms with E-state index in [1.54, 1.807) is 6.07 Å². The molecule has 2 aromatic carbocycles. The molecule has 1 heterocycles. The first-order chi connectivity index (χ1) is 17.9. The fourth-order valence-electron chi connectivity index (χ4n) is 5.22. The number of hydrogen-bond donors (Lipinski definition) is 1. The Morgan fingerprint density at radius 1 is 0.892 bits per heavy atom. The number of amides is 1. The van der Waals surface area contributed by atoms with Crippen LogP contribution in [0.25, 0.3) is 0 Å². The molecule has 5 rings (SSSR count). The lowest BCUT2D eigenvalue weighted by Crippen LogP contribution is -2.30. The van der Waals surface area contributed by atoms with Gasteiger partial charge in [0.1, 0.15) is 11.5 Å². The van der Waals surface area contributed by atoms with Gasteiger partial charge in [-0.2, -0.15) is 0 Å². The Morgan fingerprint density at radius 3 is 2.16 bits per heavy atom. The Morgan fingerprint density at radius 2 is 1.54 bits per heavy atom. The van der Waals surface area contributed by atoms with E-state index in [0.29, 0.717) is 72.1 Å². The summed E-state index contributed by atoms with van der Waals surface area (Å²) < 4.78 is 17.8. The average Bonchev–Trinajstić information content (AvgIpc) is 2.89. The Kier molecular flexibility index (Phi) is 7.12. The maximum atomic E-state index is 13.0. The molecule has 2 aromatic rings. The van der Waals surface area contributed by atoms with Gasteiger partial charge in [-0.05, 0) is 56.5 Å². The van der Waals surface area contributed by atoms with Gasteiger partial charge in [0, 0.05) is 48.4 Å². The SMILES string of the molecule is CCOc1cc(C2C3=C(CCCC3=O)OC3=C2C(=O)CCC3)ccc1OCC(=O)Nc1ccc(C)cc1. The van der Waals surface area contributed by atoms with E-state index in [1.165, 1.54) is 0 Å². The third-order valence-electron chi connectivity index (χ3n) is 6.94. The zero-order valence-electron chi connectivity index (χ0n) is 21.2. The van der Waals surface area contributed by atoms with E-state index in [1.807, 2.05) is 50.2 Å². The molecule has 0 aromatic heterocycles. The summed E-state index contributed by atoms with van der Waals surface area (Å²) >= 11 is 0. The summed E-state index contributed by atoms with van der Waals surface area (Å²) in [6.07, 6.45) is 3.79. The number of ketones is 2. The molecule has 0 saturated heterocycles. The molecule has 0 radical (unpaired) electrons. The summed E-state index contributed by atoms with van der Waals surface area (Å²) in [5.41, 5.74) is 3.77. The van der Waals surface area contributed by atoms with Crippen molar-refractivity contribution in [3.8, 4) is 11.5 Å². The van der Waals surface area contributed by atoms with Crippen LogP contribution in [-0.2, 0) is 19.1 Å². The van der Waals surface area contributed by atoms with Crippen molar-refractivity contribution in [1.82, 2.24) is 0 Å². The smallest absolute Gasteiger partial charge is 0.262 e. The second kappa shape index (κ2) is 10.6. The van der Waals surface area contributed by atoms with Gasteiger partial charge in [-0.15, -0.1) is 0 Å². The van der Waals surface area contributed by atoms with Gasteiger partial charge in [0.25, 0.3) is 5.91 Å². The van der Waals surface area contributed by atoms with Crippen LogP contribution in [0.1, 0.15) is 62.5 Å². The zero-order chi connectivity index (χ0) is 25.9. The molecule has 0 spiro atoms. The number of aryl methyl sites for hydroxylation is 1. The Bertz CT molecular complexity index is 1260. The van der Waals surface area contributed by atoms with Crippen molar-refractivity contribution in [3.05, 3.63) is 76.3 Å². The van der Waals surface area contributed by atoms with E-state index in [0.717, 1.165) is 24.0 Å². The molecule has 3 aliphatic rings. The van der Waals surface area contributed by atoms with Crippen molar-refractivity contribution >= 4 is 23.2 Å². The third-order valence-corrected chi connectivity index (χ3v) is 6.94. The Labute approximate surface area is 216 Å². The van der Waals surface area contributed by atoms with Crippen LogP contribution in [0.15, 0.2) is 65.1 Å². The number of rotatable bonds is 7. The van der Waals surface area contributed by atoms with Gasteiger partial charge in [-0.25, -0.2) is 0 Å². The van der Waals surface area contributed by atoms with Crippen LogP contribution < -0.4 is 14.8 Å². The van der Waals surface area contributed by atoms with Gasteiger partial charge in [0.15, 0.2) is 29.7 Å². The molecule has 1 amide bonds. The van der Waals surface area contributed by atoms with Crippen LogP contribution in [-0.4, -0.2) is 30.7 Å². The second-order valence-corrected chi connectivity index (χ2v) is 9.60. The van der Waals surface area contributed by atoms with E-state index in [4.69, 9.17) is 14.2 Å². The van der Waals surface area contributed by atoms with Crippen LogP contribution in [0.4, 0.5) is 5.69 Å². The molecular formula is C30H31NO6. The summed E-state index contributed by atoms with van der Waals surface area (Å²) in [7, 11) is 0. The Hall–Kier alpha value is -3.87. The zero-order valence-corrected chi connectivity index (χ0v) is 21.2. The Balaban J connectivity index is 1.42. The van der Waals surface area contributed by atoms with Crippen molar-refractivity contribution in [1.29, 1.82) is 0 Å². The van der Waals surface area contributed by atoms with Gasteiger partial charge in [-0.3, -0.25) is 14.4 Å².